The number of carbonyl (C=O) groups is 1. The van der Waals surface area contributed by atoms with Crippen molar-refractivity contribution in [2.75, 3.05) is 0 Å². The van der Waals surface area contributed by atoms with Crippen LogP contribution in [0.5, 0.6) is 0 Å². The number of carboxylic acid groups (broad SMARTS) is 1. The molecule has 6 heteroatoms. The van der Waals surface area contributed by atoms with Gasteiger partial charge in [-0.3, -0.25) is 0 Å². The van der Waals surface area contributed by atoms with Crippen LogP contribution in [0.4, 0.5) is 4.39 Å². The molecule has 0 aliphatic rings. The average Bonchev–Trinajstić information content (AvgIpc) is 2.72. The first-order chi connectivity index (χ1) is 7.99. The highest BCUT2D eigenvalue weighted by atomic mass is 79.9. The Morgan fingerprint density at radius 3 is 2.82 bits per heavy atom. The van der Waals surface area contributed by atoms with Crippen LogP contribution in [-0.2, 0) is 0 Å². The van der Waals surface area contributed by atoms with Crippen LogP contribution < -0.4 is 0 Å². The van der Waals surface area contributed by atoms with Gasteiger partial charge in [-0.05, 0) is 46.6 Å². The second-order valence-electron chi connectivity index (χ2n) is 3.50. The van der Waals surface area contributed by atoms with Crippen LogP contribution in [-0.4, -0.2) is 20.9 Å². The summed E-state index contributed by atoms with van der Waals surface area (Å²) in [4.78, 5) is 10.7. The molecule has 4 nitrogen and oxygen atoms in total. The highest BCUT2D eigenvalue weighted by Crippen LogP contribution is 2.23. The summed E-state index contributed by atoms with van der Waals surface area (Å²) in [5.41, 5.74) is 1.25. The second-order valence-corrected chi connectivity index (χ2v) is 4.36. The van der Waals surface area contributed by atoms with Crippen molar-refractivity contribution in [2.24, 2.45) is 0 Å². The van der Waals surface area contributed by atoms with E-state index in [1.54, 1.807) is 13.0 Å². The standard InChI is InChI=1S/C11H8BrFN2O2/c1-6-4-8(13)7(12)5-10(6)15-3-2-9(14-15)11(16)17/h2-5H,1H3,(H,16,17). The van der Waals surface area contributed by atoms with Crippen LogP contribution in [0.15, 0.2) is 28.9 Å². The number of hydrogen-bond donors (Lipinski definition) is 1. The lowest BCUT2D eigenvalue weighted by molar-refractivity contribution is 0.0690. The molecule has 17 heavy (non-hydrogen) atoms. The average molecular weight is 299 g/mol. The molecule has 1 aromatic heterocycles. The third-order valence-corrected chi connectivity index (χ3v) is 2.90. The molecule has 2 rings (SSSR count). The zero-order valence-corrected chi connectivity index (χ0v) is 10.4. The zero-order valence-electron chi connectivity index (χ0n) is 8.82. The number of aryl methyl sites for hydroxylation is 1. The van der Waals surface area contributed by atoms with Crippen LogP contribution >= 0.6 is 15.9 Å². The highest BCUT2D eigenvalue weighted by Gasteiger charge is 2.11. The minimum Gasteiger partial charge on any atom is -0.476 e. The number of aromatic carboxylic acids is 1. The van der Waals surface area contributed by atoms with Crippen molar-refractivity contribution in [1.29, 1.82) is 0 Å². The van der Waals surface area contributed by atoms with Gasteiger partial charge < -0.3 is 5.11 Å². The fourth-order valence-corrected chi connectivity index (χ4v) is 1.79. The third-order valence-electron chi connectivity index (χ3n) is 2.29. The quantitative estimate of drug-likeness (QED) is 0.927. The van der Waals surface area contributed by atoms with Crippen LogP contribution in [0, 0.1) is 12.7 Å². The maximum atomic E-state index is 13.2. The van der Waals surface area contributed by atoms with E-state index in [-0.39, 0.29) is 11.5 Å². The lowest BCUT2D eigenvalue weighted by atomic mass is 10.2. The Kier molecular flexibility index (Phi) is 2.97. The lowest BCUT2D eigenvalue weighted by Gasteiger charge is -2.07. The Balaban J connectivity index is 2.52. The van der Waals surface area contributed by atoms with Gasteiger partial charge in [-0.1, -0.05) is 0 Å². The number of carboxylic acids is 1. The van der Waals surface area contributed by atoms with Gasteiger partial charge >= 0.3 is 5.97 Å². The van der Waals surface area contributed by atoms with Crippen LogP contribution in [0.2, 0.25) is 0 Å². The molecule has 0 bridgehead atoms. The molecule has 0 aliphatic carbocycles. The van der Waals surface area contributed by atoms with Crippen LogP contribution in [0.3, 0.4) is 0 Å². The maximum Gasteiger partial charge on any atom is 0.356 e. The number of aromatic nitrogens is 2. The van der Waals surface area contributed by atoms with E-state index < -0.39 is 5.97 Å². The first kappa shape index (κ1) is 11.8. The molecule has 1 N–H and O–H groups in total. The smallest absolute Gasteiger partial charge is 0.356 e. The Hall–Kier alpha value is -1.69. The number of nitrogens with zero attached hydrogens (tertiary/aromatic N) is 2. The van der Waals surface area contributed by atoms with Gasteiger partial charge in [-0.2, -0.15) is 5.10 Å². The second kappa shape index (κ2) is 4.29. The SMILES string of the molecule is Cc1cc(F)c(Br)cc1-n1ccc(C(=O)O)n1. The molecule has 0 saturated heterocycles. The van der Waals surface area contributed by atoms with E-state index in [1.165, 1.54) is 23.0 Å². The van der Waals surface area contributed by atoms with Crippen molar-refractivity contribution in [3.8, 4) is 5.69 Å². The molecular weight excluding hydrogens is 291 g/mol. The van der Waals surface area contributed by atoms with Gasteiger partial charge in [-0.15, -0.1) is 0 Å². The zero-order chi connectivity index (χ0) is 12.6. The summed E-state index contributed by atoms with van der Waals surface area (Å²) < 4.78 is 15.0. The molecule has 1 aromatic carbocycles. The van der Waals surface area contributed by atoms with Gasteiger partial charge in [0.25, 0.3) is 0 Å². The summed E-state index contributed by atoms with van der Waals surface area (Å²) in [6.45, 7) is 1.73. The van der Waals surface area contributed by atoms with Crippen molar-refractivity contribution in [3.63, 3.8) is 0 Å². The molecule has 2 aromatic rings. The molecule has 0 amide bonds. The third kappa shape index (κ3) is 2.21. The van der Waals surface area contributed by atoms with E-state index in [0.29, 0.717) is 15.7 Å². The fourth-order valence-electron chi connectivity index (χ4n) is 1.45. The van der Waals surface area contributed by atoms with E-state index in [1.807, 2.05) is 0 Å². The van der Waals surface area contributed by atoms with E-state index in [2.05, 4.69) is 21.0 Å². The molecule has 0 unspecified atom stereocenters. The lowest BCUT2D eigenvalue weighted by Crippen LogP contribution is -2.02. The predicted octanol–water partition coefficient (Wildman–Crippen LogP) is 2.78. The van der Waals surface area contributed by atoms with E-state index in [4.69, 9.17) is 5.11 Å². The molecule has 0 radical (unpaired) electrons. The predicted molar refractivity (Wildman–Crippen MR) is 62.9 cm³/mol. The molecule has 88 valence electrons. The summed E-state index contributed by atoms with van der Waals surface area (Å²) in [5.74, 6) is -1.46. The Labute approximate surface area is 105 Å². The largest absolute Gasteiger partial charge is 0.476 e. The number of rotatable bonds is 2. The molecule has 0 aliphatic heterocycles. The van der Waals surface area contributed by atoms with Gasteiger partial charge in [0.2, 0.25) is 0 Å². The van der Waals surface area contributed by atoms with Crippen molar-refractivity contribution in [1.82, 2.24) is 9.78 Å². The number of benzene rings is 1. The first-order valence-corrected chi connectivity index (χ1v) is 5.53. The molecule has 0 spiro atoms. The van der Waals surface area contributed by atoms with Crippen LogP contribution in [0.25, 0.3) is 5.69 Å². The van der Waals surface area contributed by atoms with Gasteiger partial charge in [0.15, 0.2) is 5.69 Å². The van der Waals surface area contributed by atoms with Crippen molar-refractivity contribution in [3.05, 3.63) is 45.9 Å². The summed E-state index contributed by atoms with van der Waals surface area (Å²) in [7, 11) is 0. The summed E-state index contributed by atoms with van der Waals surface area (Å²) in [5, 5.41) is 12.7. The fraction of sp³-hybridized carbons (Fsp3) is 0.0909. The van der Waals surface area contributed by atoms with E-state index in [0.717, 1.165) is 0 Å². The Morgan fingerprint density at radius 2 is 2.24 bits per heavy atom. The summed E-state index contributed by atoms with van der Waals surface area (Å²) >= 11 is 3.08. The topological polar surface area (TPSA) is 55.1 Å². The van der Waals surface area contributed by atoms with Crippen LogP contribution in [0.1, 0.15) is 16.1 Å². The van der Waals surface area contributed by atoms with Gasteiger partial charge in [-0.25, -0.2) is 13.9 Å². The molecule has 1 heterocycles. The van der Waals surface area contributed by atoms with Gasteiger partial charge in [0.1, 0.15) is 5.82 Å². The maximum absolute atomic E-state index is 13.2. The summed E-state index contributed by atoms with van der Waals surface area (Å²) in [6, 6.07) is 4.31. The van der Waals surface area contributed by atoms with Crippen molar-refractivity contribution < 1.29 is 14.3 Å². The molecule has 0 saturated carbocycles. The molecule has 0 atom stereocenters. The number of hydrogen-bond acceptors (Lipinski definition) is 2. The molecular formula is C11H8BrFN2O2. The van der Waals surface area contributed by atoms with E-state index in [9.17, 15) is 9.18 Å². The van der Waals surface area contributed by atoms with Crippen molar-refractivity contribution >= 4 is 21.9 Å². The van der Waals surface area contributed by atoms with E-state index >= 15 is 0 Å². The monoisotopic (exact) mass is 298 g/mol. The van der Waals surface area contributed by atoms with Gasteiger partial charge in [0.05, 0.1) is 10.2 Å². The number of halogens is 2. The normalized spacial score (nSPS) is 10.5. The minimum absolute atomic E-state index is 0.0511. The summed E-state index contributed by atoms with van der Waals surface area (Å²) in [6.07, 6.45) is 1.52. The highest BCUT2D eigenvalue weighted by molar-refractivity contribution is 9.10. The minimum atomic E-state index is -1.09. The van der Waals surface area contributed by atoms with Crippen molar-refractivity contribution in [2.45, 2.75) is 6.92 Å². The molecule has 0 fully saturated rings. The van der Waals surface area contributed by atoms with Gasteiger partial charge in [0, 0.05) is 6.20 Å². The Morgan fingerprint density at radius 1 is 1.53 bits per heavy atom. The Bertz CT molecular complexity index is 595. The first-order valence-electron chi connectivity index (χ1n) is 4.74.